The number of hydrogen-bond acceptors (Lipinski definition) is 3. The topological polar surface area (TPSA) is 50.9 Å². The van der Waals surface area contributed by atoms with E-state index in [1.807, 2.05) is 0 Å². The molecule has 6 heteroatoms. The monoisotopic (exact) mass is 211 g/mol. The minimum Gasteiger partial charge on any atom is -0.390 e. The van der Waals surface area contributed by atoms with Crippen molar-refractivity contribution in [3.8, 4) is 5.69 Å². The minimum atomic E-state index is -0.950. The van der Waals surface area contributed by atoms with Gasteiger partial charge in [0.1, 0.15) is 5.69 Å². The predicted octanol–water partition coefficient (Wildman–Crippen LogP) is 1.04. The predicted molar refractivity (Wildman–Crippen MR) is 47.2 cm³/mol. The molecule has 1 N–H and O–H groups in total. The van der Waals surface area contributed by atoms with Crippen molar-refractivity contribution >= 4 is 0 Å². The smallest absolute Gasteiger partial charge is 0.160 e. The van der Waals surface area contributed by atoms with Crippen molar-refractivity contribution in [1.29, 1.82) is 0 Å². The van der Waals surface area contributed by atoms with E-state index in [9.17, 15) is 8.78 Å². The maximum Gasteiger partial charge on any atom is 0.160 e. The van der Waals surface area contributed by atoms with Crippen LogP contribution in [-0.2, 0) is 6.61 Å². The van der Waals surface area contributed by atoms with Crippen LogP contribution in [-0.4, -0.2) is 20.1 Å². The van der Waals surface area contributed by atoms with Crippen LogP contribution in [0.3, 0.4) is 0 Å². The summed E-state index contributed by atoms with van der Waals surface area (Å²) >= 11 is 0. The van der Waals surface area contributed by atoms with Crippen LogP contribution in [0.1, 0.15) is 5.69 Å². The van der Waals surface area contributed by atoms with Gasteiger partial charge in [-0.3, -0.25) is 0 Å². The molecule has 0 radical (unpaired) electrons. The quantitative estimate of drug-likeness (QED) is 0.807. The summed E-state index contributed by atoms with van der Waals surface area (Å²) in [5.41, 5.74) is 0.709. The molecule has 0 saturated heterocycles. The number of hydrogen-bond donors (Lipinski definition) is 1. The van der Waals surface area contributed by atoms with Crippen molar-refractivity contribution in [3.63, 3.8) is 0 Å². The Morgan fingerprint density at radius 1 is 1.27 bits per heavy atom. The Balaban J connectivity index is 2.40. The molecule has 0 atom stereocenters. The molecule has 0 amide bonds. The van der Waals surface area contributed by atoms with Crippen LogP contribution in [0.4, 0.5) is 8.78 Å². The van der Waals surface area contributed by atoms with E-state index >= 15 is 0 Å². The molecule has 0 unspecified atom stereocenters. The Bertz CT molecular complexity index is 484. The molecule has 0 bridgehead atoms. The molecule has 15 heavy (non-hydrogen) atoms. The Kier molecular flexibility index (Phi) is 2.42. The number of aromatic nitrogens is 3. The van der Waals surface area contributed by atoms with Crippen LogP contribution < -0.4 is 0 Å². The molecule has 2 rings (SSSR count). The van der Waals surface area contributed by atoms with Gasteiger partial charge in [0.2, 0.25) is 0 Å². The minimum absolute atomic E-state index is 0.246. The van der Waals surface area contributed by atoms with E-state index in [1.165, 1.54) is 16.9 Å². The van der Waals surface area contributed by atoms with Crippen LogP contribution in [0.15, 0.2) is 24.4 Å². The molecule has 1 aromatic carbocycles. The fraction of sp³-hybridized carbons (Fsp3) is 0.111. The lowest BCUT2D eigenvalue weighted by molar-refractivity contribution is 0.276. The van der Waals surface area contributed by atoms with Crippen molar-refractivity contribution in [3.05, 3.63) is 41.7 Å². The van der Waals surface area contributed by atoms with Gasteiger partial charge in [-0.2, -0.15) is 0 Å². The molecule has 0 saturated carbocycles. The summed E-state index contributed by atoms with van der Waals surface area (Å²) in [6.07, 6.45) is 1.44. The molecule has 0 spiro atoms. The summed E-state index contributed by atoms with van der Waals surface area (Å²) < 4.78 is 26.8. The number of benzene rings is 1. The third kappa shape index (κ3) is 1.84. The van der Waals surface area contributed by atoms with Gasteiger partial charge in [-0.15, -0.1) is 5.10 Å². The van der Waals surface area contributed by atoms with Gasteiger partial charge >= 0.3 is 0 Å². The molecule has 1 aromatic heterocycles. The summed E-state index contributed by atoms with van der Waals surface area (Å²) in [6, 6.07) is 3.38. The zero-order valence-corrected chi connectivity index (χ0v) is 7.56. The SMILES string of the molecule is OCc1cn(-c2ccc(F)c(F)c2)nn1. The van der Waals surface area contributed by atoms with Crippen molar-refractivity contribution in [2.24, 2.45) is 0 Å². The number of nitrogens with zero attached hydrogens (tertiary/aromatic N) is 3. The first-order chi connectivity index (χ1) is 7.20. The zero-order chi connectivity index (χ0) is 10.8. The second kappa shape index (κ2) is 3.74. The van der Waals surface area contributed by atoms with Crippen LogP contribution >= 0.6 is 0 Å². The average molecular weight is 211 g/mol. The summed E-state index contributed by atoms with van der Waals surface area (Å²) in [5.74, 6) is -1.87. The Labute approximate surface area is 83.8 Å². The van der Waals surface area contributed by atoms with E-state index in [4.69, 9.17) is 5.11 Å². The second-order valence-electron chi connectivity index (χ2n) is 2.91. The number of rotatable bonds is 2. The van der Waals surface area contributed by atoms with Gasteiger partial charge in [0.15, 0.2) is 11.6 Å². The first kappa shape index (κ1) is 9.72. The van der Waals surface area contributed by atoms with Crippen molar-refractivity contribution in [2.45, 2.75) is 6.61 Å². The van der Waals surface area contributed by atoms with Crippen LogP contribution in [0.2, 0.25) is 0 Å². The third-order valence-electron chi connectivity index (χ3n) is 1.87. The van der Waals surface area contributed by atoms with Gasteiger partial charge in [0.25, 0.3) is 0 Å². The Morgan fingerprint density at radius 3 is 2.67 bits per heavy atom. The van der Waals surface area contributed by atoms with Gasteiger partial charge in [-0.25, -0.2) is 13.5 Å². The molecule has 0 aliphatic carbocycles. The van der Waals surface area contributed by atoms with Crippen LogP contribution in [0, 0.1) is 11.6 Å². The van der Waals surface area contributed by atoms with E-state index in [2.05, 4.69) is 10.3 Å². The lowest BCUT2D eigenvalue weighted by Gasteiger charge is -1.99. The fourth-order valence-electron chi connectivity index (χ4n) is 1.12. The number of halogens is 2. The molecule has 1 heterocycles. The second-order valence-corrected chi connectivity index (χ2v) is 2.91. The number of aliphatic hydroxyl groups is 1. The van der Waals surface area contributed by atoms with Crippen LogP contribution in [0.25, 0.3) is 5.69 Å². The average Bonchev–Trinajstić information content (AvgIpc) is 2.70. The third-order valence-corrected chi connectivity index (χ3v) is 1.87. The Hall–Kier alpha value is -1.82. The normalized spacial score (nSPS) is 10.6. The molecule has 0 fully saturated rings. The lowest BCUT2D eigenvalue weighted by atomic mass is 10.3. The molecule has 0 aliphatic heterocycles. The molecule has 0 aliphatic rings. The highest BCUT2D eigenvalue weighted by molar-refractivity contribution is 5.31. The molecule has 4 nitrogen and oxygen atoms in total. The van der Waals surface area contributed by atoms with Gasteiger partial charge in [-0.1, -0.05) is 5.21 Å². The highest BCUT2D eigenvalue weighted by Crippen LogP contribution is 2.12. The lowest BCUT2D eigenvalue weighted by Crippen LogP contribution is -1.96. The maximum atomic E-state index is 12.9. The first-order valence-corrected chi connectivity index (χ1v) is 4.18. The molecule has 78 valence electrons. The van der Waals surface area contributed by atoms with E-state index < -0.39 is 11.6 Å². The fourth-order valence-corrected chi connectivity index (χ4v) is 1.12. The highest BCUT2D eigenvalue weighted by atomic mass is 19.2. The summed E-state index contributed by atoms with van der Waals surface area (Å²) in [4.78, 5) is 0. The van der Waals surface area contributed by atoms with Gasteiger partial charge in [-0.05, 0) is 12.1 Å². The Morgan fingerprint density at radius 2 is 2.07 bits per heavy atom. The molecular weight excluding hydrogens is 204 g/mol. The van der Waals surface area contributed by atoms with Gasteiger partial charge in [0.05, 0.1) is 18.5 Å². The zero-order valence-electron chi connectivity index (χ0n) is 7.56. The van der Waals surface area contributed by atoms with Crippen molar-refractivity contribution in [1.82, 2.24) is 15.0 Å². The molecule has 2 aromatic rings. The van der Waals surface area contributed by atoms with Gasteiger partial charge in [0, 0.05) is 6.07 Å². The van der Waals surface area contributed by atoms with Crippen LogP contribution in [0.5, 0.6) is 0 Å². The summed E-state index contributed by atoms with van der Waals surface area (Å²) in [6.45, 7) is -0.246. The maximum absolute atomic E-state index is 12.9. The number of aliphatic hydroxyl groups excluding tert-OH is 1. The first-order valence-electron chi connectivity index (χ1n) is 4.18. The summed E-state index contributed by atoms with van der Waals surface area (Å²) in [7, 11) is 0. The van der Waals surface area contributed by atoms with E-state index in [0.29, 0.717) is 11.4 Å². The van der Waals surface area contributed by atoms with E-state index in [1.54, 1.807) is 0 Å². The molecular formula is C9H7F2N3O. The highest BCUT2D eigenvalue weighted by Gasteiger charge is 2.06. The van der Waals surface area contributed by atoms with E-state index in [0.717, 1.165) is 12.1 Å². The largest absolute Gasteiger partial charge is 0.390 e. The standard InChI is InChI=1S/C9H7F2N3O/c10-8-2-1-7(3-9(8)11)14-4-6(5-15)12-13-14/h1-4,15H,5H2. The van der Waals surface area contributed by atoms with E-state index in [-0.39, 0.29) is 6.61 Å². The summed E-state index contributed by atoms with van der Waals surface area (Å²) in [5, 5.41) is 16.0. The van der Waals surface area contributed by atoms with Crippen molar-refractivity contribution in [2.75, 3.05) is 0 Å². The van der Waals surface area contributed by atoms with Gasteiger partial charge < -0.3 is 5.11 Å². The van der Waals surface area contributed by atoms with Crippen molar-refractivity contribution < 1.29 is 13.9 Å².